The number of hydrogen-bond acceptors (Lipinski definition) is 9. The van der Waals surface area contributed by atoms with Crippen LogP contribution < -0.4 is 15.4 Å². The van der Waals surface area contributed by atoms with Gasteiger partial charge in [-0.05, 0) is 38.5 Å². The van der Waals surface area contributed by atoms with Crippen molar-refractivity contribution in [3.8, 4) is 17.1 Å². The van der Waals surface area contributed by atoms with Crippen LogP contribution in [-0.4, -0.2) is 75.9 Å². The molecule has 1 saturated heterocycles. The Hall–Kier alpha value is -3.41. The summed E-state index contributed by atoms with van der Waals surface area (Å²) in [5.41, 5.74) is 0.984. The number of nitrogens with zero attached hydrogens (tertiary/aromatic N) is 5. The second-order valence-corrected chi connectivity index (χ2v) is 9.86. The highest BCUT2D eigenvalue weighted by molar-refractivity contribution is 7.16. The van der Waals surface area contributed by atoms with Gasteiger partial charge in [0.1, 0.15) is 4.83 Å². The molecular formula is C23H29N7O4S. The minimum absolute atomic E-state index is 0.0366. The van der Waals surface area contributed by atoms with E-state index >= 15 is 0 Å². The largest absolute Gasteiger partial charge is 0.491 e. The van der Waals surface area contributed by atoms with Crippen molar-refractivity contribution in [1.82, 2.24) is 29.8 Å². The smallest absolute Gasteiger partial charge is 0.407 e. The van der Waals surface area contributed by atoms with E-state index in [-0.39, 0.29) is 23.7 Å². The number of carbonyl (C=O) groups is 2. The minimum atomic E-state index is -0.460. The monoisotopic (exact) mass is 499 g/mol. The van der Waals surface area contributed by atoms with Crippen molar-refractivity contribution in [2.45, 2.75) is 44.7 Å². The van der Waals surface area contributed by atoms with Crippen LogP contribution in [0.15, 0.2) is 17.8 Å². The van der Waals surface area contributed by atoms with E-state index in [4.69, 9.17) is 14.7 Å². The molecule has 0 unspecified atom stereocenters. The van der Waals surface area contributed by atoms with Crippen LogP contribution in [0.5, 0.6) is 5.75 Å². The van der Waals surface area contributed by atoms with Gasteiger partial charge in [-0.25, -0.2) is 19.3 Å². The number of hydrogen-bond donors (Lipinski definition) is 2. The van der Waals surface area contributed by atoms with Gasteiger partial charge in [0.2, 0.25) is 0 Å². The van der Waals surface area contributed by atoms with Crippen LogP contribution >= 0.6 is 11.3 Å². The van der Waals surface area contributed by atoms with Gasteiger partial charge < -0.3 is 25.0 Å². The average Bonchev–Trinajstić information content (AvgIpc) is 3.49. The molecule has 0 spiro atoms. The first-order valence-corrected chi connectivity index (χ1v) is 12.6. The summed E-state index contributed by atoms with van der Waals surface area (Å²) in [6.45, 7) is 3.09. The van der Waals surface area contributed by atoms with Crippen LogP contribution in [0.3, 0.4) is 0 Å². The molecule has 1 saturated carbocycles. The topological polar surface area (TPSA) is 123 Å². The fourth-order valence-electron chi connectivity index (χ4n) is 4.42. The maximum atomic E-state index is 13.7. The van der Waals surface area contributed by atoms with E-state index in [1.807, 2.05) is 11.6 Å². The molecule has 4 heterocycles. The van der Waals surface area contributed by atoms with Crippen molar-refractivity contribution in [2.24, 2.45) is 5.92 Å². The summed E-state index contributed by atoms with van der Waals surface area (Å²) in [6.07, 6.45) is 6.74. The van der Waals surface area contributed by atoms with E-state index in [9.17, 15) is 9.59 Å². The maximum absolute atomic E-state index is 13.7. The molecule has 35 heavy (non-hydrogen) atoms. The van der Waals surface area contributed by atoms with Crippen molar-refractivity contribution in [3.63, 3.8) is 0 Å². The first-order chi connectivity index (χ1) is 17.0. The van der Waals surface area contributed by atoms with Gasteiger partial charge in [0.25, 0.3) is 5.91 Å². The highest BCUT2D eigenvalue weighted by atomic mass is 32.1. The molecule has 2 amide bonds. The molecule has 12 heteroatoms. The van der Waals surface area contributed by atoms with E-state index in [0.29, 0.717) is 49.2 Å². The lowest BCUT2D eigenvalue weighted by atomic mass is 10.0. The summed E-state index contributed by atoms with van der Waals surface area (Å²) < 4.78 is 12.2. The van der Waals surface area contributed by atoms with Gasteiger partial charge in [-0.3, -0.25) is 4.79 Å². The number of nitrogens with one attached hydrogen (secondary N) is 2. The van der Waals surface area contributed by atoms with Crippen LogP contribution in [0.25, 0.3) is 16.2 Å². The Labute approximate surface area is 206 Å². The number of thiazole rings is 1. The van der Waals surface area contributed by atoms with E-state index in [2.05, 4.69) is 27.4 Å². The van der Waals surface area contributed by atoms with Gasteiger partial charge in [-0.2, -0.15) is 5.10 Å². The predicted molar refractivity (Wildman–Crippen MR) is 131 cm³/mol. The van der Waals surface area contributed by atoms with Crippen LogP contribution in [0.2, 0.25) is 0 Å². The van der Waals surface area contributed by atoms with Gasteiger partial charge >= 0.3 is 6.09 Å². The number of piperidine rings is 1. The second-order valence-electron chi connectivity index (χ2n) is 8.96. The molecule has 2 fully saturated rings. The molecule has 0 bridgehead atoms. The summed E-state index contributed by atoms with van der Waals surface area (Å²) in [7, 11) is 2.87. The van der Waals surface area contributed by atoms with Crippen molar-refractivity contribution in [2.75, 3.05) is 32.6 Å². The molecule has 3 aromatic rings. The Morgan fingerprint density at radius 2 is 1.94 bits per heavy atom. The number of likely N-dealkylation sites (tertiary alicyclic amines) is 1. The molecule has 2 aliphatic rings. The van der Waals surface area contributed by atoms with Crippen LogP contribution in [0, 0.1) is 5.92 Å². The zero-order valence-corrected chi connectivity index (χ0v) is 20.8. The first kappa shape index (κ1) is 23.3. The number of fused-ring (bicyclic) bond motifs is 1. The van der Waals surface area contributed by atoms with E-state index in [1.54, 1.807) is 15.6 Å². The van der Waals surface area contributed by atoms with Crippen molar-refractivity contribution in [1.29, 1.82) is 0 Å². The maximum Gasteiger partial charge on any atom is 0.407 e. The van der Waals surface area contributed by atoms with Crippen molar-refractivity contribution in [3.05, 3.63) is 23.5 Å². The van der Waals surface area contributed by atoms with E-state index < -0.39 is 6.09 Å². The molecular weight excluding hydrogens is 470 g/mol. The Balaban J connectivity index is 1.47. The number of alkyl carbamates (subject to hydrolysis) is 1. The van der Waals surface area contributed by atoms with Crippen LogP contribution in [0.1, 0.15) is 43.1 Å². The molecule has 1 aliphatic heterocycles. The number of carbonyl (C=O) groups excluding carboxylic acids is 2. The molecule has 186 valence electrons. The van der Waals surface area contributed by atoms with Gasteiger partial charge in [-0.15, -0.1) is 11.3 Å². The summed E-state index contributed by atoms with van der Waals surface area (Å²) in [4.78, 5) is 37.4. The summed E-state index contributed by atoms with van der Waals surface area (Å²) in [6, 6.07) is 0.161. The molecule has 0 radical (unpaired) electrons. The zero-order chi connectivity index (χ0) is 24.5. The molecule has 11 nitrogen and oxygen atoms in total. The number of amides is 2. The third kappa shape index (κ3) is 4.75. The van der Waals surface area contributed by atoms with E-state index in [0.717, 1.165) is 10.4 Å². The van der Waals surface area contributed by atoms with Crippen LogP contribution in [0.4, 0.5) is 10.6 Å². The summed E-state index contributed by atoms with van der Waals surface area (Å²) in [5, 5.41) is 12.6. The fourth-order valence-corrected chi connectivity index (χ4v) is 5.21. The highest BCUT2D eigenvalue weighted by Gasteiger charge is 2.33. The normalized spacial score (nSPS) is 17.3. The molecule has 5 rings (SSSR count). The zero-order valence-electron chi connectivity index (χ0n) is 20.0. The third-order valence-electron chi connectivity index (χ3n) is 6.63. The second kappa shape index (κ2) is 9.68. The standard InChI is InChI=1S/C23H29N7O4S/c1-13(14-4-5-14)25-20-18(33-2)17(21(31)29-8-6-15(7-9-29)26-23(32)34-3)27-19(28-20)16-12-24-30-10-11-35-22(16)30/h10-15H,4-9H2,1-3H3,(H,26,32)(H,25,27,28)/t13-/m0/s1. The average molecular weight is 500 g/mol. The summed E-state index contributed by atoms with van der Waals surface area (Å²) in [5.74, 6) is 1.64. The van der Waals surface area contributed by atoms with Gasteiger partial charge in [0.05, 0.1) is 26.0 Å². The number of anilines is 1. The lowest BCUT2D eigenvalue weighted by Crippen LogP contribution is -2.46. The minimum Gasteiger partial charge on any atom is -0.491 e. The SMILES string of the molecule is COC(=O)NC1CCN(C(=O)c2nc(-c3cnn4ccsc34)nc(N[C@@H](C)C3CC3)c2OC)CC1. The van der Waals surface area contributed by atoms with Gasteiger partial charge in [0.15, 0.2) is 23.1 Å². The predicted octanol–water partition coefficient (Wildman–Crippen LogP) is 3.03. The Morgan fingerprint density at radius 1 is 1.17 bits per heavy atom. The van der Waals surface area contributed by atoms with Gasteiger partial charge in [0, 0.05) is 36.8 Å². The lowest BCUT2D eigenvalue weighted by Gasteiger charge is -2.32. The lowest BCUT2D eigenvalue weighted by molar-refractivity contribution is 0.0694. The van der Waals surface area contributed by atoms with Crippen LogP contribution in [-0.2, 0) is 4.74 Å². The molecule has 1 atom stereocenters. The van der Waals surface area contributed by atoms with Crippen molar-refractivity contribution >= 4 is 34.0 Å². The Bertz CT molecular complexity index is 1230. The fraction of sp³-hybridized carbons (Fsp3) is 0.522. The first-order valence-electron chi connectivity index (χ1n) is 11.8. The quantitative estimate of drug-likeness (QED) is 0.509. The summed E-state index contributed by atoms with van der Waals surface area (Å²) >= 11 is 1.54. The van der Waals surface area contributed by atoms with Gasteiger partial charge in [-0.1, -0.05) is 0 Å². The Kier molecular flexibility index (Phi) is 6.46. The molecule has 0 aromatic carbocycles. The third-order valence-corrected chi connectivity index (χ3v) is 7.52. The Morgan fingerprint density at radius 3 is 2.63 bits per heavy atom. The number of ether oxygens (including phenoxy) is 2. The molecule has 2 N–H and O–H groups in total. The van der Waals surface area contributed by atoms with Crippen molar-refractivity contribution < 1.29 is 19.1 Å². The molecule has 3 aromatic heterocycles. The number of methoxy groups -OCH3 is 2. The number of rotatable bonds is 7. The molecule has 1 aliphatic carbocycles. The number of aromatic nitrogens is 4. The highest BCUT2D eigenvalue weighted by Crippen LogP contribution is 2.37. The van der Waals surface area contributed by atoms with E-state index in [1.165, 1.54) is 38.4 Å².